The fourth-order valence-electron chi connectivity index (χ4n) is 1.06. The number of nitrogens with one attached hydrogen (secondary N) is 2. The molecule has 8 heteroatoms. The summed E-state index contributed by atoms with van der Waals surface area (Å²) in [5.74, 6) is -5.15. The van der Waals surface area contributed by atoms with E-state index in [4.69, 9.17) is 11.6 Å². The molecule has 0 aliphatic rings. The zero-order chi connectivity index (χ0) is 13.7. The molecule has 0 saturated heterocycles. The van der Waals surface area contributed by atoms with Crippen LogP contribution in [0.4, 0.5) is 23.7 Å². The number of halogens is 4. The third-order valence-corrected chi connectivity index (χ3v) is 2.01. The van der Waals surface area contributed by atoms with Gasteiger partial charge in [0, 0.05) is 30.1 Å². The SMILES string of the molecule is O=C(CCCl)NC(=O)Nc1cc(F)c(F)c(F)c1. The number of carbonyl (C=O) groups is 2. The summed E-state index contributed by atoms with van der Waals surface area (Å²) in [7, 11) is 0. The molecule has 1 aromatic rings. The first-order valence-electron chi connectivity index (χ1n) is 4.75. The molecule has 0 unspecified atom stereocenters. The van der Waals surface area contributed by atoms with Crippen LogP contribution in [0.2, 0.25) is 0 Å². The Hall–Kier alpha value is -1.76. The van der Waals surface area contributed by atoms with Crippen molar-refractivity contribution in [3.8, 4) is 0 Å². The van der Waals surface area contributed by atoms with E-state index in [1.54, 1.807) is 0 Å². The van der Waals surface area contributed by atoms with E-state index in [1.807, 2.05) is 10.6 Å². The highest BCUT2D eigenvalue weighted by Crippen LogP contribution is 2.17. The van der Waals surface area contributed by atoms with Crippen molar-refractivity contribution < 1.29 is 22.8 Å². The quantitative estimate of drug-likeness (QED) is 0.660. The van der Waals surface area contributed by atoms with Crippen LogP contribution in [0.5, 0.6) is 0 Å². The maximum Gasteiger partial charge on any atom is 0.325 e. The fraction of sp³-hybridized carbons (Fsp3) is 0.200. The number of urea groups is 1. The van der Waals surface area contributed by atoms with Crippen molar-refractivity contribution in [1.29, 1.82) is 0 Å². The van der Waals surface area contributed by atoms with E-state index in [-0.39, 0.29) is 18.0 Å². The summed E-state index contributed by atoms with van der Waals surface area (Å²) in [5, 5.41) is 3.85. The number of hydrogen-bond acceptors (Lipinski definition) is 2. The maximum atomic E-state index is 12.8. The van der Waals surface area contributed by atoms with Crippen LogP contribution in [0.25, 0.3) is 0 Å². The first-order valence-corrected chi connectivity index (χ1v) is 5.29. The van der Waals surface area contributed by atoms with Gasteiger partial charge in [0.2, 0.25) is 5.91 Å². The fourth-order valence-corrected chi connectivity index (χ4v) is 1.24. The number of imide groups is 1. The van der Waals surface area contributed by atoms with Crippen molar-refractivity contribution >= 4 is 29.2 Å². The van der Waals surface area contributed by atoms with Crippen LogP contribution in [-0.2, 0) is 4.79 Å². The average Bonchev–Trinajstić information content (AvgIpc) is 2.25. The Bertz CT molecular complexity index is 459. The van der Waals surface area contributed by atoms with Crippen LogP contribution < -0.4 is 10.6 Å². The summed E-state index contributed by atoms with van der Waals surface area (Å²) in [4.78, 5) is 22.1. The van der Waals surface area contributed by atoms with Crippen LogP contribution in [0, 0.1) is 17.5 Å². The second-order valence-corrected chi connectivity index (χ2v) is 3.57. The summed E-state index contributed by atoms with van der Waals surface area (Å²) in [5.41, 5.74) is -0.317. The standard InChI is InChI=1S/C10H8ClF3N2O2/c11-2-1-8(17)16-10(18)15-5-3-6(12)9(14)7(13)4-5/h3-4H,1-2H2,(H2,15,16,17,18). The number of amides is 3. The zero-order valence-electron chi connectivity index (χ0n) is 8.90. The molecular weight excluding hydrogens is 273 g/mol. The second kappa shape index (κ2) is 6.25. The summed E-state index contributed by atoms with van der Waals surface area (Å²) in [6, 6.07) is 0.184. The van der Waals surface area contributed by atoms with Gasteiger partial charge in [-0.2, -0.15) is 0 Å². The minimum absolute atomic E-state index is 0.0267. The van der Waals surface area contributed by atoms with E-state index in [2.05, 4.69) is 0 Å². The molecular formula is C10H8ClF3N2O2. The van der Waals surface area contributed by atoms with Crippen LogP contribution in [0.1, 0.15) is 6.42 Å². The van der Waals surface area contributed by atoms with Gasteiger partial charge in [-0.25, -0.2) is 18.0 Å². The second-order valence-electron chi connectivity index (χ2n) is 3.20. The van der Waals surface area contributed by atoms with Gasteiger partial charge in [-0.05, 0) is 0 Å². The lowest BCUT2D eigenvalue weighted by Gasteiger charge is -2.06. The monoisotopic (exact) mass is 280 g/mol. The summed E-state index contributed by atoms with van der Waals surface area (Å²) in [6.07, 6.45) is -0.0822. The molecule has 0 saturated carbocycles. The maximum absolute atomic E-state index is 12.8. The smallest absolute Gasteiger partial charge is 0.307 e. The predicted molar refractivity (Wildman–Crippen MR) is 58.8 cm³/mol. The van der Waals surface area contributed by atoms with E-state index in [0.717, 1.165) is 0 Å². The van der Waals surface area contributed by atoms with Gasteiger partial charge >= 0.3 is 6.03 Å². The van der Waals surface area contributed by atoms with E-state index in [1.165, 1.54) is 0 Å². The normalized spacial score (nSPS) is 10.0. The third-order valence-electron chi connectivity index (χ3n) is 1.82. The molecule has 18 heavy (non-hydrogen) atoms. The summed E-state index contributed by atoms with van der Waals surface area (Å²) >= 11 is 5.27. The van der Waals surface area contributed by atoms with Gasteiger partial charge in [-0.1, -0.05) is 0 Å². The molecule has 0 atom stereocenters. The lowest BCUT2D eigenvalue weighted by Crippen LogP contribution is -2.34. The number of alkyl halides is 1. The van der Waals surface area contributed by atoms with Crippen molar-refractivity contribution in [1.82, 2.24) is 5.32 Å². The van der Waals surface area contributed by atoms with Gasteiger partial charge in [0.05, 0.1) is 0 Å². The molecule has 98 valence electrons. The van der Waals surface area contributed by atoms with Crippen LogP contribution in [0.15, 0.2) is 12.1 Å². The molecule has 0 aliphatic carbocycles. The lowest BCUT2D eigenvalue weighted by atomic mass is 10.3. The highest BCUT2D eigenvalue weighted by atomic mass is 35.5. The van der Waals surface area contributed by atoms with Gasteiger partial charge in [0.25, 0.3) is 0 Å². The molecule has 2 N–H and O–H groups in total. The minimum atomic E-state index is -1.64. The minimum Gasteiger partial charge on any atom is -0.307 e. The topological polar surface area (TPSA) is 58.2 Å². The lowest BCUT2D eigenvalue weighted by molar-refractivity contribution is -0.119. The first kappa shape index (κ1) is 14.3. The number of benzene rings is 1. The van der Waals surface area contributed by atoms with E-state index >= 15 is 0 Å². The summed E-state index contributed by atoms with van der Waals surface area (Å²) < 4.78 is 38.2. The van der Waals surface area contributed by atoms with Gasteiger partial charge in [0.1, 0.15) is 0 Å². The highest BCUT2D eigenvalue weighted by molar-refractivity contribution is 6.19. The molecule has 0 fully saturated rings. The summed E-state index contributed by atoms with van der Waals surface area (Å²) in [6.45, 7) is 0. The van der Waals surface area contributed by atoms with Gasteiger partial charge in [-0.3, -0.25) is 10.1 Å². The molecule has 1 aromatic carbocycles. The molecule has 3 amide bonds. The Kier molecular flexibility index (Phi) is 4.96. The predicted octanol–water partition coefficient (Wildman–Crippen LogP) is 2.38. The molecule has 0 spiro atoms. The van der Waals surface area contributed by atoms with Crippen molar-refractivity contribution in [2.45, 2.75) is 6.42 Å². The van der Waals surface area contributed by atoms with Crippen LogP contribution in [0.3, 0.4) is 0 Å². The van der Waals surface area contributed by atoms with Crippen LogP contribution in [-0.4, -0.2) is 17.8 Å². The molecule has 0 radical (unpaired) electrons. The molecule has 4 nitrogen and oxygen atoms in total. The Labute approximate surface area is 105 Å². The Morgan fingerprint density at radius 3 is 2.22 bits per heavy atom. The molecule has 1 rings (SSSR count). The van der Waals surface area contributed by atoms with E-state index in [9.17, 15) is 22.8 Å². The Balaban J connectivity index is 2.68. The number of carbonyl (C=O) groups excluding carboxylic acids is 2. The number of rotatable bonds is 3. The molecule has 0 aliphatic heterocycles. The van der Waals surface area contributed by atoms with Gasteiger partial charge in [-0.15, -0.1) is 11.6 Å². The van der Waals surface area contributed by atoms with Crippen molar-refractivity contribution in [2.24, 2.45) is 0 Å². The number of hydrogen-bond donors (Lipinski definition) is 2. The Morgan fingerprint density at radius 2 is 1.72 bits per heavy atom. The highest BCUT2D eigenvalue weighted by Gasteiger charge is 2.13. The van der Waals surface area contributed by atoms with Gasteiger partial charge in [0.15, 0.2) is 17.5 Å². The third kappa shape index (κ3) is 3.92. The molecule has 0 bridgehead atoms. The number of anilines is 1. The largest absolute Gasteiger partial charge is 0.325 e. The van der Waals surface area contributed by atoms with Crippen molar-refractivity contribution in [3.05, 3.63) is 29.6 Å². The van der Waals surface area contributed by atoms with E-state index in [0.29, 0.717) is 12.1 Å². The Morgan fingerprint density at radius 1 is 1.17 bits per heavy atom. The van der Waals surface area contributed by atoms with E-state index < -0.39 is 29.4 Å². The van der Waals surface area contributed by atoms with Crippen molar-refractivity contribution in [3.63, 3.8) is 0 Å². The molecule has 0 aromatic heterocycles. The van der Waals surface area contributed by atoms with Gasteiger partial charge < -0.3 is 5.32 Å². The van der Waals surface area contributed by atoms with Crippen molar-refractivity contribution in [2.75, 3.05) is 11.2 Å². The average molecular weight is 281 g/mol. The zero-order valence-corrected chi connectivity index (χ0v) is 9.65. The van der Waals surface area contributed by atoms with Crippen LogP contribution >= 0.6 is 11.6 Å². The first-order chi connectivity index (χ1) is 8.43. The molecule has 0 heterocycles.